The van der Waals surface area contributed by atoms with Gasteiger partial charge in [-0.1, -0.05) is 0 Å². The minimum Gasteiger partial charge on any atom is -0.507 e. The van der Waals surface area contributed by atoms with Gasteiger partial charge in [0.05, 0.1) is 26.4 Å². The Morgan fingerprint density at radius 2 is 1.67 bits per heavy atom. The number of fused-ring (bicyclic) bond motifs is 1. The molecule has 2 aliphatic rings. The van der Waals surface area contributed by atoms with Gasteiger partial charge in [-0.15, -0.1) is 0 Å². The highest BCUT2D eigenvalue weighted by molar-refractivity contribution is 5.86. The zero-order valence-electron chi connectivity index (χ0n) is 22.9. The summed E-state index contributed by atoms with van der Waals surface area (Å²) in [5.41, 5.74) is -2.56. The molecule has 15 heteroatoms. The molecule has 0 bridgehead atoms. The first-order chi connectivity index (χ1) is 20.3. The number of hydrogen-bond donors (Lipinski definition) is 8. The van der Waals surface area contributed by atoms with E-state index in [9.17, 15) is 45.6 Å². The Bertz CT molecular complexity index is 1520. The van der Waals surface area contributed by atoms with Crippen LogP contribution in [-0.2, 0) is 14.2 Å². The third kappa shape index (κ3) is 5.86. The van der Waals surface area contributed by atoms with Crippen LogP contribution in [0.1, 0.15) is 6.92 Å². The summed E-state index contributed by atoms with van der Waals surface area (Å²) >= 11 is 0. The number of phenolic OH excluding ortho intramolecular Hbond substituents is 2. The number of rotatable bonds is 7. The molecule has 0 aliphatic carbocycles. The normalized spacial score (nSPS) is 32.9. The number of aliphatic hydroxyl groups excluding tert-OH is 5. The maximum atomic E-state index is 12.8. The van der Waals surface area contributed by atoms with Gasteiger partial charge in [-0.2, -0.15) is 0 Å². The Labute approximate surface area is 243 Å². The van der Waals surface area contributed by atoms with E-state index < -0.39 is 79.2 Å². The minimum absolute atomic E-state index is 0.0601. The molecule has 0 radical (unpaired) electrons. The minimum atomic E-state index is -2.20. The van der Waals surface area contributed by atoms with Gasteiger partial charge in [-0.05, 0) is 25.1 Å². The van der Waals surface area contributed by atoms with Crippen molar-refractivity contribution in [3.8, 4) is 34.3 Å². The molecule has 2 saturated heterocycles. The van der Waals surface area contributed by atoms with Crippen LogP contribution in [0.15, 0.2) is 45.6 Å². The third-order valence-corrected chi connectivity index (χ3v) is 7.46. The van der Waals surface area contributed by atoms with Crippen molar-refractivity contribution in [3.63, 3.8) is 0 Å². The number of benzene rings is 2. The van der Waals surface area contributed by atoms with Gasteiger partial charge in [0, 0.05) is 23.8 Å². The zero-order valence-corrected chi connectivity index (χ0v) is 22.9. The van der Waals surface area contributed by atoms with Crippen molar-refractivity contribution in [3.05, 3.63) is 46.6 Å². The molecule has 3 unspecified atom stereocenters. The molecule has 8 N–H and O–H groups in total. The van der Waals surface area contributed by atoms with Crippen molar-refractivity contribution in [1.82, 2.24) is 0 Å². The van der Waals surface area contributed by atoms with Gasteiger partial charge in [0.15, 0.2) is 23.2 Å². The van der Waals surface area contributed by atoms with Gasteiger partial charge < -0.3 is 69.0 Å². The predicted octanol–water partition coefficient (Wildman–Crippen LogP) is -1.09. The Balaban J connectivity index is 1.31. The number of aliphatic hydroxyl groups is 6. The van der Waals surface area contributed by atoms with Crippen molar-refractivity contribution in [2.75, 3.05) is 20.3 Å². The van der Waals surface area contributed by atoms with Crippen LogP contribution in [0.25, 0.3) is 22.3 Å². The van der Waals surface area contributed by atoms with Crippen LogP contribution < -0.4 is 14.9 Å². The molecule has 1 aromatic heterocycles. The van der Waals surface area contributed by atoms with Crippen molar-refractivity contribution in [2.24, 2.45) is 0 Å². The summed E-state index contributed by atoms with van der Waals surface area (Å²) in [6, 6.07) is 7.82. The molecular weight excluding hydrogens is 576 g/mol. The van der Waals surface area contributed by atoms with E-state index in [1.807, 2.05) is 0 Å². The Kier molecular flexibility index (Phi) is 8.54. The summed E-state index contributed by atoms with van der Waals surface area (Å²) in [4.78, 5) is 12.8. The van der Waals surface area contributed by atoms with Crippen molar-refractivity contribution in [1.29, 1.82) is 0 Å². The first kappa shape index (κ1) is 30.9. The number of methoxy groups -OCH3 is 1. The van der Waals surface area contributed by atoms with E-state index in [0.717, 1.165) is 12.1 Å². The number of hydrogen-bond acceptors (Lipinski definition) is 15. The molecule has 2 fully saturated rings. The van der Waals surface area contributed by atoms with Crippen molar-refractivity contribution in [2.45, 2.75) is 61.7 Å². The van der Waals surface area contributed by atoms with Crippen LogP contribution in [0.3, 0.4) is 0 Å². The Morgan fingerprint density at radius 3 is 2.37 bits per heavy atom. The third-order valence-electron chi connectivity index (χ3n) is 7.46. The molecule has 5 rings (SSSR count). The monoisotopic (exact) mass is 608 g/mol. The maximum absolute atomic E-state index is 12.8. The summed E-state index contributed by atoms with van der Waals surface area (Å²) in [6.07, 6.45) is -12.3. The van der Waals surface area contributed by atoms with Gasteiger partial charge in [0.2, 0.25) is 6.29 Å². The molecule has 0 saturated carbocycles. The lowest BCUT2D eigenvalue weighted by Crippen LogP contribution is -2.65. The van der Waals surface area contributed by atoms with Gasteiger partial charge in [0.1, 0.15) is 64.3 Å². The molecule has 43 heavy (non-hydrogen) atoms. The summed E-state index contributed by atoms with van der Waals surface area (Å²) < 4.78 is 32.6. The topological polar surface area (TPSA) is 238 Å². The number of phenols is 2. The highest BCUT2D eigenvalue weighted by Gasteiger charge is 2.51. The van der Waals surface area contributed by atoms with E-state index in [4.69, 9.17) is 28.1 Å². The summed E-state index contributed by atoms with van der Waals surface area (Å²) in [5.74, 6) is -0.553. The largest absolute Gasteiger partial charge is 0.507 e. The lowest BCUT2D eigenvalue weighted by molar-refractivity contribution is -0.325. The van der Waals surface area contributed by atoms with Gasteiger partial charge >= 0.3 is 0 Å². The molecule has 234 valence electrons. The average Bonchev–Trinajstić information content (AvgIpc) is 2.97. The summed E-state index contributed by atoms with van der Waals surface area (Å²) in [7, 11) is 1.38. The standard InChI is InChI=1S/C28H32O15/c1-11-21(32)22(33)23(34)26(41-11)39-9-28(37)10-40-27(24(35)25(28)36)42-13-6-15(30)20-16(31)8-18(43-19(20)7-13)12-3-4-17(38-2)14(29)5-12/h3-8,11,21-27,29-30,32-37H,9-10H2,1-2H3/t11?,21-,22-,23?,24?,25+,26+,27-,28+/m0/s1. The molecule has 15 nitrogen and oxygen atoms in total. The van der Waals surface area contributed by atoms with Crippen LogP contribution >= 0.6 is 0 Å². The van der Waals surface area contributed by atoms with Crippen molar-refractivity contribution >= 4 is 11.0 Å². The number of ether oxygens (including phenoxy) is 5. The van der Waals surface area contributed by atoms with E-state index >= 15 is 0 Å². The van der Waals surface area contributed by atoms with Crippen LogP contribution in [-0.4, -0.2) is 116 Å². The second-order valence-corrected chi connectivity index (χ2v) is 10.5. The predicted molar refractivity (Wildman–Crippen MR) is 143 cm³/mol. The second kappa shape index (κ2) is 11.9. The SMILES string of the molecule is COc1ccc(-c2cc(=O)c3c(O)cc(O[C@@H]4OC[C@](O)(CO[C@@H]5OC(C)[C@H](O)[C@H](O)C5O)[C@H](O)C4O)cc3o2)cc1O. The van der Waals surface area contributed by atoms with E-state index in [1.165, 1.54) is 32.2 Å². The Morgan fingerprint density at radius 1 is 0.930 bits per heavy atom. The summed E-state index contributed by atoms with van der Waals surface area (Å²) in [5, 5.41) is 82.7. The molecular formula is C28H32O15. The fourth-order valence-corrected chi connectivity index (χ4v) is 4.92. The molecule has 0 amide bonds. The number of aromatic hydroxyl groups is 2. The van der Waals surface area contributed by atoms with E-state index in [2.05, 4.69) is 0 Å². The molecule has 2 aliphatic heterocycles. The average molecular weight is 609 g/mol. The highest BCUT2D eigenvalue weighted by atomic mass is 16.7. The Hall–Kier alpha value is -3.51. The molecule has 3 heterocycles. The van der Waals surface area contributed by atoms with E-state index in [0.29, 0.717) is 5.56 Å². The molecule has 9 atom stereocenters. The smallest absolute Gasteiger partial charge is 0.228 e. The quantitative estimate of drug-likeness (QED) is 0.159. The second-order valence-electron chi connectivity index (χ2n) is 10.5. The highest BCUT2D eigenvalue weighted by Crippen LogP contribution is 2.36. The van der Waals surface area contributed by atoms with E-state index in [1.54, 1.807) is 6.07 Å². The zero-order chi connectivity index (χ0) is 31.2. The van der Waals surface area contributed by atoms with Crippen LogP contribution in [0.5, 0.6) is 23.0 Å². The van der Waals surface area contributed by atoms with E-state index in [-0.39, 0.29) is 34.0 Å². The fraction of sp³-hybridized carbons (Fsp3) is 0.464. The lowest BCUT2D eigenvalue weighted by Gasteiger charge is -2.44. The maximum Gasteiger partial charge on any atom is 0.228 e. The first-order valence-electron chi connectivity index (χ1n) is 13.2. The van der Waals surface area contributed by atoms with Crippen LogP contribution in [0.2, 0.25) is 0 Å². The lowest BCUT2D eigenvalue weighted by atomic mass is 9.91. The fourth-order valence-electron chi connectivity index (χ4n) is 4.92. The van der Waals surface area contributed by atoms with Crippen LogP contribution in [0.4, 0.5) is 0 Å². The van der Waals surface area contributed by atoms with Gasteiger partial charge in [-0.3, -0.25) is 4.79 Å². The molecule has 3 aromatic rings. The van der Waals surface area contributed by atoms with Gasteiger partial charge in [0.25, 0.3) is 0 Å². The van der Waals surface area contributed by atoms with Gasteiger partial charge in [-0.25, -0.2) is 0 Å². The molecule has 2 aromatic carbocycles. The summed E-state index contributed by atoms with van der Waals surface area (Å²) in [6.45, 7) is 0.107. The first-order valence-corrected chi connectivity index (χ1v) is 13.2. The van der Waals surface area contributed by atoms with Crippen LogP contribution in [0, 0.1) is 0 Å². The van der Waals surface area contributed by atoms with Crippen molar-refractivity contribution < 1.29 is 69.0 Å². The molecule has 0 spiro atoms.